The van der Waals surface area contributed by atoms with Crippen LogP contribution in [0.5, 0.6) is 5.75 Å². The number of rotatable bonds is 8. The van der Waals surface area contributed by atoms with Gasteiger partial charge in [0.2, 0.25) is 5.91 Å². The molecular formula is C39H58N2O8S. The third kappa shape index (κ3) is 7.65. The molecule has 5 N–H and O–H groups in total. The molecule has 0 aromatic heterocycles. The number of ketones is 1. The number of carboxylic acid groups (broad SMARTS) is 1. The molecule has 1 saturated heterocycles. The lowest BCUT2D eigenvalue weighted by Crippen LogP contribution is -2.63. The van der Waals surface area contributed by atoms with Crippen molar-refractivity contribution in [2.75, 3.05) is 18.8 Å². The number of para-hydroxylation sites is 1. The van der Waals surface area contributed by atoms with Gasteiger partial charge in [0, 0.05) is 41.5 Å². The summed E-state index contributed by atoms with van der Waals surface area (Å²) in [5, 5.41) is 29.1. The minimum Gasteiger partial charge on any atom is -0.507 e. The molecule has 5 rings (SSSR count). The second-order valence-electron chi connectivity index (χ2n) is 16.0. The number of esters is 1. The molecule has 1 aliphatic heterocycles. The summed E-state index contributed by atoms with van der Waals surface area (Å²) < 4.78 is 6.38. The Morgan fingerprint density at radius 1 is 1.16 bits per heavy atom. The van der Waals surface area contributed by atoms with Gasteiger partial charge in [-0.1, -0.05) is 59.8 Å². The van der Waals surface area contributed by atoms with E-state index in [1.54, 1.807) is 23.9 Å². The Morgan fingerprint density at radius 3 is 2.44 bits per heavy atom. The summed E-state index contributed by atoms with van der Waals surface area (Å²) in [6, 6.07) is 5.31. The van der Waals surface area contributed by atoms with Crippen LogP contribution in [0.3, 0.4) is 0 Å². The van der Waals surface area contributed by atoms with Gasteiger partial charge >= 0.3 is 11.9 Å². The van der Waals surface area contributed by atoms with Crippen molar-refractivity contribution in [3.8, 4) is 5.75 Å². The SMILES string of the molecule is C=C[C@]1(C)C[C@@H](OC(=O)CSC2CCCN(C(=O)C(N)C(C)C)C2)[C@]2(C)[C@H](C)CC[C@]3(CCC(=O)[C@H]32)[C@@H](C)[C@@H]1O.O=C(O)c1ccccc1O. The van der Waals surface area contributed by atoms with E-state index in [0.29, 0.717) is 25.9 Å². The Kier molecular flexibility index (Phi) is 12.6. The fourth-order valence-electron chi connectivity index (χ4n) is 9.30. The van der Waals surface area contributed by atoms with E-state index in [2.05, 4.69) is 27.4 Å². The van der Waals surface area contributed by atoms with Gasteiger partial charge in [-0.15, -0.1) is 18.3 Å². The maximum Gasteiger partial charge on any atom is 0.339 e. The molecule has 0 spiro atoms. The Labute approximate surface area is 301 Å². The number of carbonyl (C=O) groups excluding carboxylic acids is 3. The van der Waals surface area contributed by atoms with Gasteiger partial charge in [-0.3, -0.25) is 14.4 Å². The van der Waals surface area contributed by atoms with Crippen LogP contribution in [0.25, 0.3) is 0 Å². The van der Waals surface area contributed by atoms with Crippen LogP contribution in [0, 0.1) is 39.9 Å². The number of hydrogen-bond acceptors (Lipinski definition) is 9. The molecule has 4 fully saturated rings. The average Bonchev–Trinajstić information content (AvgIpc) is 3.45. The number of piperidine rings is 1. The highest BCUT2D eigenvalue weighted by Gasteiger charge is 2.68. The van der Waals surface area contributed by atoms with Crippen molar-refractivity contribution in [2.45, 2.75) is 110 Å². The zero-order valence-electron chi connectivity index (χ0n) is 30.6. The van der Waals surface area contributed by atoms with Gasteiger partial charge in [0.25, 0.3) is 0 Å². The summed E-state index contributed by atoms with van der Waals surface area (Å²) in [6.07, 6.45) is 6.12. The smallest absolute Gasteiger partial charge is 0.339 e. The van der Waals surface area contributed by atoms with E-state index in [9.17, 15) is 24.3 Å². The zero-order valence-corrected chi connectivity index (χ0v) is 31.4. The molecule has 278 valence electrons. The van der Waals surface area contributed by atoms with Crippen LogP contribution in [-0.4, -0.2) is 86.2 Å². The molecule has 0 radical (unpaired) electrons. The summed E-state index contributed by atoms with van der Waals surface area (Å²) in [5.41, 5.74) is 4.63. The number of aliphatic hydroxyl groups excluding tert-OH is 1. The normalized spacial score (nSPS) is 35.9. The number of likely N-dealkylation sites (tertiary alicyclic amines) is 1. The van der Waals surface area contributed by atoms with Gasteiger partial charge in [0.1, 0.15) is 23.2 Å². The summed E-state index contributed by atoms with van der Waals surface area (Å²) in [7, 11) is 0. The van der Waals surface area contributed by atoms with Crippen molar-refractivity contribution in [2.24, 2.45) is 45.7 Å². The first-order chi connectivity index (χ1) is 23.4. The van der Waals surface area contributed by atoms with Crippen molar-refractivity contribution in [1.29, 1.82) is 0 Å². The Hall–Kier alpha value is -2.89. The van der Waals surface area contributed by atoms with Crippen LogP contribution < -0.4 is 5.73 Å². The van der Waals surface area contributed by atoms with Gasteiger partial charge in [0.05, 0.1) is 17.9 Å². The first-order valence-electron chi connectivity index (χ1n) is 18.1. The fraction of sp³-hybridized carbons (Fsp3) is 0.692. The monoisotopic (exact) mass is 714 g/mol. The lowest BCUT2D eigenvalue weighted by Gasteiger charge is -2.61. The highest BCUT2D eigenvalue weighted by Crippen LogP contribution is 2.68. The van der Waals surface area contributed by atoms with Gasteiger partial charge < -0.3 is 30.7 Å². The highest BCUT2D eigenvalue weighted by atomic mass is 32.2. The number of Topliss-reactive ketones (excluding diaryl/α,β-unsaturated/α-hetero) is 1. The standard InChI is InChI=1S/C32H52N2O5S.C7H6O3/c1-8-30(6)16-24(31(7)20(4)11-13-32(21(5)28(30)37)14-12-23(35)27(31)32)39-25(36)18-40-22-10-9-15-34(17-22)29(38)26(33)19(2)3;8-6-4-2-1-3-5(6)7(9)10/h8,19-22,24,26-28,37H,1,9-18,33H2,2-7H3;1-4,8H,(H,9,10)/t20-,21+,22?,24-,26?,27+,28+,30-,31+,32+;/m1./s1. The number of aromatic hydroxyl groups is 1. The number of amides is 1. The molecule has 10 atom stereocenters. The second kappa shape index (κ2) is 15.8. The topological polar surface area (TPSA) is 167 Å². The van der Waals surface area contributed by atoms with Crippen molar-refractivity contribution in [3.63, 3.8) is 0 Å². The van der Waals surface area contributed by atoms with Crippen molar-refractivity contribution in [1.82, 2.24) is 4.90 Å². The Morgan fingerprint density at radius 2 is 1.84 bits per heavy atom. The second-order valence-corrected chi connectivity index (χ2v) is 17.3. The van der Waals surface area contributed by atoms with Crippen LogP contribution in [-0.2, 0) is 19.1 Å². The molecule has 2 unspecified atom stereocenters. The number of aromatic carboxylic acids is 1. The van der Waals surface area contributed by atoms with Crippen LogP contribution in [0.1, 0.15) is 96.8 Å². The van der Waals surface area contributed by atoms with E-state index in [4.69, 9.17) is 20.7 Å². The molecule has 11 heteroatoms. The maximum atomic E-state index is 13.6. The highest BCUT2D eigenvalue weighted by molar-refractivity contribution is 8.00. The molecule has 4 aliphatic rings. The third-order valence-corrected chi connectivity index (χ3v) is 14.1. The Balaban J connectivity index is 0.000000482. The average molecular weight is 715 g/mol. The molecule has 1 heterocycles. The summed E-state index contributed by atoms with van der Waals surface area (Å²) >= 11 is 1.55. The number of nitrogens with two attached hydrogens (primary N) is 1. The molecule has 3 saturated carbocycles. The maximum absolute atomic E-state index is 13.6. The number of aliphatic hydroxyl groups is 1. The van der Waals surface area contributed by atoms with Crippen LogP contribution in [0.2, 0.25) is 0 Å². The fourth-order valence-corrected chi connectivity index (χ4v) is 10.4. The third-order valence-electron chi connectivity index (χ3n) is 12.8. The zero-order chi connectivity index (χ0) is 37.2. The lowest BCUT2D eigenvalue weighted by molar-refractivity contribution is -0.205. The lowest BCUT2D eigenvalue weighted by atomic mass is 9.44. The first kappa shape index (κ1) is 39.9. The quantitative estimate of drug-likeness (QED) is 0.194. The molecular weight excluding hydrogens is 657 g/mol. The van der Waals surface area contributed by atoms with E-state index in [-0.39, 0.29) is 69.1 Å². The molecule has 2 bridgehead atoms. The number of hydrogen-bond donors (Lipinski definition) is 4. The minimum atomic E-state index is -1.11. The molecule has 1 aromatic carbocycles. The van der Waals surface area contributed by atoms with Crippen LogP contribution >= 0.6 is 11.8 Å². The van der Waals surface area contributed by atoms with Crippen molar-refractivity contribution in [3.05, 3.63) is 42.5 Å². The van der Waals surface area contributed by atoms with Gasteiger partial charge in [-0.25, -0.2) is 4.79 Å². The van der Waals surface area contributed by atoms with E-state index < -0.39 is 35.0 Å². The largest absolute Gasteiger partial charge is 0.507 e. The number of thioether (sulfide) groups is 1. The predicted octanol–water partition coefficient (Wildman–Crippen LogP) is 5.69. The van der Waals surface area contributed by atoms with Crippen molar-refractivity contribution >= 4 is 35.4 Å². The van der Waals surface area contributed by atoms with Gasteiger partial charge in [-0.2, -0.15) is 0 Å². The minimum absolute atomic E-state index is 0.0159. The van der Waals surface area contributed by atoms with E-state index >= 15 is 0 Å². The number of carboxylic acids is 1. The number of phenols is 1. The van der Waals surface area contributed by atoms with E-state index in [0.717, 1.165) is 32.1 Å². The van der Waals surface area contributed by atoms with Gasteiger partial charge in [-0.05, 0) is 73.8 Å². The molecule has 10 nitrogen and oxygen atoms in total. The Bertz CT molecular complexity index is 1440. The summed E-state index contributed by atoms with van der Waals surface area (Å²) in [6.45, 7) is 17.8. The van der Waals surface area contributed by atoms with Gasteiger partial charge in [0.15, 0.2) is 0 Å². The first-order valence-corrected chi connectivity index (χ1v) is 19.2. The number of carbonyl (C=O) groups is 4. The molecule has 1 amide bonds. The summed E-state index contributed by atoms with van der Waals surface area (Å²) in [4.78, 5) is 52.0. The predicted molar refractivity (Wildman–Crippen MR) is 195 cm³/mol. The number of ether oxygens (including phenoxy) is 1. The van der Waals surface area contributed by atoms with E-state index in [1.165, 1.54) is 12.1 Å². The summed E-state index contributed by atoms with van der Waals surface area (Å²) in [5.74, 6) is -1.15. The van der Waals surface area contributed by atoms with E-state index in [1.807, 2.05) is 31.7 Å². The number of nitrogens with zero attached hydrogens (tertiary/aromatic N) is 1. The molecule has 3 aliphatic carbocycles. The molecule has 1 aromatic rings. The molecule has 50 heavy (non-hydrogen) atoms. The van der Waals surface area contributed by atoms with Crippen molar-refractivity contribution < 1.29 is 39.2 Å². The number of benzene rings is 1. The van der Waals surface area contributed by atoms with Crippen LogP contribution in [0.15, 0.2) is 36.9 Å². The van der Waals surface area contributed by atoms with Crippen LogP contribution in [0.4, 0.5) is 0 Å².